The highest BCUT2D eigenvalue weighted by Crippen LogP contribution is 2.35. The highest BCUT2D eigenvalue weighted by Gasteiger charge is 2.40. The molecule has 1 heterocycles. The summed E-state index contributed by atoms with van der Waals surface area (Å²) in [6.07, 6.45) is 6.48. The van der Waals surface area contributed by atoms with Gasteiger partial charge in [0.25, 0.3) is 0 Å². The van der Waals surface area contributed by atoms with E-state index in [4.69, 9.17) is 9.47 Å². The van der Waals surface area contributed by atoms with Gasteiger partial charge in [-0.15, -0.1) is 0 Å². The first-order valence-electron chi connectivity index (χ1n) is 6.37. The Morgan fingerprint density at radius 2 is 1.78 bits per heavy atom. The molecule has 1 aromatic rings. The van der Waals surface area contributed by atoms with Crippen LogP contribution in [-0.2, 0) is 9.47 Å². The lowest BCUT2D eigenvalue weighted by Crippen LogP contribution is -2.20. The Morgan fingerprint density at radius 3 is 2.56 bits per heavy atom. The highest BCUT2D eigenvalue weighted by molar-refractivity contribution is 5.77. The van der Waals surface area contributed by atoms with Crippen molar-refractivity contribution in [2.24, 2.45) is 0 Å². The van der Waals surface area contributed by atoms with Crippen LogP contribution in [0.5, 0.6) is 0 Å². The van der Waals surface area contributed by atoms with Crippen molar-refractivity contribution in [3.8, 4) is 0 Å². The van der Waals surface area contributed by atoms with Crippen LogP contribution in [0, 0.1) is 6.92 Å². The summed E-state index contributed by atoms with van der Waals surface area (Å²) in [5.74, 6) is -0.489. The molecule has 2 aliphatic rings. The molecule has 2 atom stereocenters. The van der Waals surface area contributed by atoms with Crippen LogP contribution in [0.3, 0.4) is 0 Å². The SMILES string of the molecule is Cc1ccccc1C1=C[C@H]2OC(C)(C)O[C@H]2C=C1. The van der Waals surface area contributed by atoms with Gasteiger partial charge in [0.15, 0.2) is 5.79 Å². The maximum absolute atomic E-state index is 5.89. The molecule has 0 N–H and O–H groups in total. The summed E-state index contributed by atoms with van der Waals surface area (Å²) >= 11 is 0. The van der Waals surface area contributed by atoms with Crippen molar-refractivity contribution in [2.45, 2.75) is 38.8 Å². The van der Waals surface area contributed by atoms with Crippen LogP contribution in [0.2, 0.25) is 0 Å². The Kier molecular flexibility index (Phi) is 2.65. The number of rotatable bonds is 1. The van der Waals surface area contributed by atoms with Gasteiger partial charge < -0.3 is 9.47 Å². The highest BCUT2D eigenvalue weighted by atomic mass is 16.7. The molecule has 0 saturated carbocycles. The van der Waals surface area contributed by atoms with Crippen molar-refractivity contribution >= 4 is 5.57 Å². The van der Waals surface area contributed by atoms with Crippen LogP contribution in [0.15, 0.2) is 42.5 Å². The molecule has 2 heteroatoms. The Hall–Kier alpha value is -1.38. The molecule has 94 valence electrons. The van der Waals surface area contributed by atoms with E-state index in [2.05, 4.69) is 49.4 Å². The van der Waals surface area contributed by atoms with Crippen LogP contribution < -0.4 is 0 Å². The molecule has 1 aliphatic heterocycles. The van der Waals surface area contributed by atoms with Gasteiger partial charge in [-0.3, -0.25) is 0 Å². The van der Waals surface area contributed by atoms with E-state index >= 15 is 0 Å². The average molecular weight is 242 g/mol. The zero-order chi connectivity index (χ0) is 12.8. The quantitative estimate of drug-likeness (QED) is 0.750. The van der Waals surface area contributed by atoms with E-state index in [0.717, 1.165) is 0 Å². The van der Waals surface area contributed by atoms with Crippen LogP contribution in [0.1, 0.15) is 25.0 Å². The molecule has 0 amide bonds. The minimum atomic E-state index is -0.489. The smallest absolute Gasteiger partial charge is 0.164 e. The fourth-order valence-electron chi connectivity index (χ4n) is 2.60. The van der Waals surface area contributed by atoms with Crippen molar-refractivity contribution < 1.29 is 9.47 Å². The predicted octanol–water partition coefficient (Wildman–Crippen LogP) is 3.47. The third-order valence-corrected chi connectivity index (χ3v) is 3.43. The van der Waals surface area contributed by atoms with Crippen molar-refractivity contribution in [3.63, 3.8) is 0 Å². The molecule has 0 unspecified atom stereocenters. The number of aryl methyl sites for hydroxylation is 1. The van der Waals surface area contributed by atoms with Crippen LogP contribution in [0.25, 0.3) is 5.57 Å². The summed E-state index contributed by atoms with van der Waals surface area (Å²) in [6, 6.07) is 8.41. The van der Waals surface area contributed by atoms with Gasteiger partial charge in [-0.1, -0.05) is 36.4 Å². The first-order valence-corrected chi connectivity index (χ1v) is 6.37. The van der Waals surface area contributed by atoms with E-state index in [-0.39, 0.29) is 12.2 Å². The number of hydrogen-bond acceptors (Lipinski definition) is 2. The second-order valence-electron chi connectivity index (χ2n) is 5.36. The number of fused-ring (bicyclic) bond motifs is 1. The minimum absolute atomic E-state index is 0.0274. The summed E-state index contributed by atoms with van der Waals surface area (Å²) in [6.45, 7) is 6.05. The topological polar surface area (TPSA) is 18.5 Å². The molecule has 1 aliphatic carbocycles. The lowest BCUT2D eigenvalue weighted by Gasteiger charge is -2.17. The van der Waals surface area contributed by atoms with Gasteiger partial charge in [0.05, 0.1) is 0 Å². The Labute approximate surface area is 108 Å². The zero-order valence-corrected chi connectivity index (χ0v) is 11.0. The minimum Gasteiger partial charge on any atom is -0.340 e. The van der Waals surface area contributed by atoms with Gasteiger partial charge >= 0.3 is 0 Å². The molecule has 0 bridgehead atoms. The number of ether oxygens (including phenoxy) is 2. The maximum Gasteiger partial charge on any atom is 0.164 e. The number of allylic oxidation sites excluding steroid dienone is 2. The van der Waals surface area contributed by atoms with Crippen LogP contribution in [0.4, 0.5) is 0 Å². The third kappa shape index (κ3) is 2.02. The molecule has 18 heavy (non-hydrogen) atoms. The third-order valence-electron chi connectivity index (χ3n) is 3.43. The zero-order valence-electron chi connectivity index (χ0n) is 11.0. The second-order valence-corrected chi connectivity index (χ2v) is 5.36. The Morgan fingerprint density at radius 1 is 1.06 bits per heavy atom. The first kappa shape index (κ1) is 11.7. The van der Waals surface area contributed by atoms with Crippen molar-refractivity contribution in [2.75, 3.05) is 0 Å². The molecule has 2 nitrogen and oxygen atoms in total. The van der Waals surface area contributed by atoms with Gasteiger partial charge in [-0.25, -0.2) is 0 Å². The average Bonchev–Trinajstić information content (AvgIpc) is 2.62. The van der Waals surface area contributed by atoms with E-state index in [1.54, 1.807) is 0 Å². The normalized spacial score (nSPS) is 28.9. The van der Waals surface area contributed by atoms with Crippen molar-refractivity contribution in [1.29, 1.82) is 0 Å². The standard InChI is InChI=1S/C16H18O2/c1-11-6-4-5-7-13(11)12-8-9-14-15(10-12)18-16(2,3)17-14/h4-10,14-15H,1-3H3/t14-,15+/m0/s1. The summed E-state index contributed by atoms with van der Waals surface area (Å²) in [4.78, 5) is 0. The first-order chi connectivity index (χ1) is 8.55. The summed E-state index contributed by atoms with van der Waals surface area (Å²) in [5, 5.41) is 0. The molecule has 1 aromatic carbocycles. The van der Waals surface area contributed by atoms with Gasteiger partial charge in [-0.2, -0.15) is 0 Å². The fourth-order valence-corrected chi connectivity index (χ4v) is 2.60. The molecule has 3 rings (SSSR count). The molecule has 0 spiro atoms. The largest absolute Gasteiger partial charge is 0.340 e. The van der Waals surface area contributed by atoms with Gasteiger partial charge in [0.2, 0.25) is 0 Å². The number of benzene rings is 1. The van der Waals surface area contributed by atoms with E-state index in [1.807, 2.05) is 13.8 Å². The molecular weight excluding hydrogens is 224 g/mol. The van der Waals surface area contributed by atoms with Crippen LogP contribution >= 0.6 is 0 Å². The van der Waals surface area contributed by atoms with Crippen LogP contribution in [-0.4, -0.2) is 18.0 Å². The van der Waals surface area contributed by atoms with Crippen molar-refractivity contribution in [1.82, 2.24) is 0 Å². The molecule has 1 saturated heterocycles. The van der Waals surface area contributed by atoms with Crippen molar-refractivity contribution in [3.05, 3.63) is 53.6 Å². The lowest BCUT2D eigenvalue weighted by atomic mass is 9.94. The summed E-state index contributed by atoms with van der Waals surface area (Å²) in [7, 11) is 0. The molecule has 0 radical (unpaired) electrons. The number of hydrogen-bond donors (Lipinski definition) is 0. The predicted molar refractivity (Wildman–Crippen MR) is 72.1 cm³/mol. The maximum atomic E-state index is 5.89. The van der Waals surface area contributed by atoms with E-state index in [1.165, 1.54) is 16.7 Å². The van der Waals surface area contributed by atoms with Gasteiger partial charge in [0, 0.05) is 0 Å². The Balaban J connectivity index is 1.93. The fraction of sp³-hybridized carbons (Fsp3) is 0.375. The van der Waals surface area contributed by atoms with Gasteiger partial charge in [0.1, 0.15) is 12.2 Å². The van der Waals surface area contributed by atoms with Gasteiger partial charge in [-0.05, 0) is 43.5 Å². The van der Waals surface area contributed by atoms with E-state index in [0.29, 0.717) is 0 Å². The monoisotopic (exact) mass is 242 g/mol. The molecular formula is C16H18O2. The molecule has 0 aromatic heterocycles. The summed E-state index contributed by atoms with van der Waals surface area (Å²) in [5.41, 5.74) is 3.76. The second kappa shape index (κ2) is 4.08. The summed E-state index contributed by atoms with van der Waals surface area (Å²) < 4.78 is 11.7. The van der Waals surface area contributed by atoms with E-state index in [9.17, 15) is 0 Å². The molecule has 1 fully saturated rings. The lowest BCUT2D eigenvalue weighted by molar-refractivity contribution is -0.138. The van der Waals surface area contributed by atoms with E-state index < -0.39 is 5.79 Å². The Bertz CT molecular complexity index is 526.